The van der Waals surface area contributed by atoms with Crippen LogP contribution in [0, 0.1) is 6.92 Å². The molecule has 8 heteroatoms. The average molecular weight is 315 g/mol. The molecule has 1 saturated heterocycles. The van der Waals surface area contributed by atoms with Gasteiger partial charge in [-0.15, -0.1) is 0 Å². The van der Waals surface area contributed by atoms with Crippen molar-refractivity contribution in [2.75, 3.05) is 32.1 Å². The van der Waals surface area contributed by atoms with Crippen LogP contribution in [-0.2, 0) is 21.2 Å². The van der Waals surface area contributed by atoms with Crippen molar-refractivity contribution in [1.29, 1.82) is 0 Å². The Morgan fingerprint density at radius 2 is 2.19 bits per heavy atom. The van der Waals surface area contributed by atoms with Gasteiger partial charge in [-0.05, 0) is 20.4 Å². The highest BCUT2D eigenvalue weighted by Crippen LogP contribution is 2.16. The summed E-state index contributed by atoms with van der Waals surface area (Å²) in [6.45, 7) is 2.55. The van der Waals surface area contributed by atoms with E-state index in [4.69, 9.17) is 4.52 Å². The number of sulfone groups is 1. The molecule has 118 valence electrons. The monoisotopic (exact) mass is 315 g/mol. The van der Waals surface area contributed by atoms with E-state index in [1.165, 1.54) is 0 Å². The van der Waals surface area contributed by atoms with Crippen LogP contribution in [0.3, 0.4) is 0 Å². The van der Waals surface area contributed by atoms with Crippen LogP contribution in [0.5, 0.6) is 0 Å². The van der Waals surface area contributed by atoms with Crippen molar-refractivity contribution in [3.05, 3.63) is 17.5 Å². The number of aryl methyl sites for hydroxylation is 1. The number of likely N-dealkylation sites (N-methyl/N-ethyl adjacent to an activating group) is 2. The molecule has 0 aromatic carbocycles. The summed E-state index contributed by atoms with van der Waals surface area (Å²) in [6.07, 6.45) is 0.525. The highest BCUT2D eigenvalue weighted by molar-refractivity contribution is 7.91. The van der Waals surface area contributed by atoms with Crippen molar-refractivity contribution in [3.8, 4) is 0 Å². The molecule has 1 aromatic rings. The van der Waals surface area contributed by atoms with Crippen molar-refractivity contribution >= 4 is 15.7 Å². The predicted octanol–water partition coefficient (Wildman–Crippen LogP) is 0.0603. The molecule has 7 nitrogen and oxygen atoms in total. The molecule has 1 atom stereocenters. The zero-order valence-corrected chi connectivity index (χ0v) is 13.4. The van der Waals surface area contributed by atoms with Crippen molar-refractivity contribution in [1.82, 2.24) is 15.0 Å². The molecule has 1 aliphatic rings. The summed E-state index contributed by atoms with van der Waals surface area (Å²) in [6, 6.07) is 1.62. The number of aromatic nitrogens is 1. The number of nitrogens with zero attached hydrogens (tertiary/aromatic N) is 3. The molecular weight excluding hydrogens is 294 g/mol. The number of carbonyl (C=O) groups is 1. The smallest absolute Gasteiger partial charge is 0.236 e. The Balaban J connectivity index is 1.86. The molecule has 0 bridgehead atoms. The Morgan fingerprint density at radius 1 is 1.48 bits per heavy atom. The second-order valence-electron chi connectivity index (χ2n) is 5.66. The molecule has 2 rings (SSSR count). The van der Waals surface area contributed by atoms with Gasteiger partial charge < -0.3 is 9.42 Å². The first kappa shape index (κ1) is 16.0. The van der Waals surface area contributed by atoms with Gasteiger partial charge in [0, 0.05) is 25.7 Å². The summed E-state index contributed by atoms with van der Waals surface area (Å²) in [7, 11) is 0.511. The van der Waals surface area contributed by atoms with Gasteiger partial charge in [0.15, 0.2) is 9.84 Å². The molecule has 1 aromatic heterocycles. The highest BCUT2D eigenvalue weighted by atomic mass is 32.2. The standard InChI is InChI=1S/C13H21N3O4S/c1-10-6-11(14-20-10)7-15(2)8-13(17)16(3)12-4-5-21(18,19)9-12/h6,12H,4-5,7-9H2,1-3H3. The lowest BCUT2D eigenvalue weighted by Crippen LogP contribution is -2.42. The summed E-state index contributed by atoms with van der Waals surface area (Å²) in [5.41, 5.74) is 0.772. The zero-order chi connectivity index (χ0) is 15.6. The van der Waals surface area contributed by atoms with Crippen LogP contribution >= 0.6 is 0 Å². The number of amides is 1. The van der Waals surface area contributed by atoms with E-state index in [0.717, 1.165) is 11.5 Å². The van der Waals surface area contributed by atoms with Crippen molar-refractivity contribution in [2.24, 2.45) is 0 Å². The molecule has 1 fully saturated rings. The Hall–Kier alpha value is -1.41. The minimum Gasteiger partial charge on any atom is -0.361 e. The fraction of sp³-hybridized carbons (Fsp3) is 0.692. The second-order valence-corrected chi connectivity index (χ2v) is 7.89. The number of hydrogen-bond acceptors (Lipinski definition) is 6. The van der Waals surface area contributed by atoms with E-state index >= 15 is 0 Å². The fourth-order valence-electron chi connectivity index (χ4n) is 2.45. The lowest BCUT2D eigenvalue weighted by molar-refractivity contribution is -0.132. The molecule has 21 heavy (non-hydrogen) atoms. The van der Waals surface area contributed by atoms with E-state index in [1.54, 1.807) is 11.9 Å². The molecule has 1 unspecified atom stereocenters. The van der Waals surface area contributed by atoms with E-state index in [2.05, 4.69) is 5.16 Å². The zero-order valence-electron chi connectivity index (χ0n) is 12.6. The van der Waals surface area contributed by atoms with Crippen LogP contribution < -0.4 is 0 Å². The molecule has 0 N–H and O–H groups in total. The Morgan fingerprint density at radius 3 is 2.71 bits per heavy atom. The normalized spacial score (nSPS) is 20.9. The molecule has 0 aliphatic carbocycles. The maximum absolute atomic E-state index is 12.2. The summed E-state index contributed by atoms with van der Waals surface area (Å²) >= 11 is 0. The fourth-order valence-corrected chi connectivity index (χ4v) is 4.23. The van der Waals surface area contributed by atoms with Gasteiger partial charge in [-0.2, -0.15) is 0 Å². The first-order chi connectivity index (χ1) is 9.77. The molecule has 0 radical (unpaired) electrons. The molecule has 0 saturated carbocycles. The van der Waals surface area contributed by atoms with E-state index in [1.807, 2.05) is 24.9 Å². The molecule has 1 amide bonds. The van der Waals surface area contributed by atoms with Gasteiger partial charge in [-0.3, -0.25) is 9.69 Å². The number of hydrogen-bond donors (Lipinski definition) is 0. The van der Waals surface area contributed by atoms with Crippen LogP contribution in [0.4, 0.5) is 0 Å². The van der Waals surface area contributed by atoms with Crippen molar-refractivity contribution < 1.29 is 17.7 Å². The third-order valence-corrected chi connectivity index (χ3v) is 5.41. The van der Waals surface area contributed by atoms with E-state index in [-0.39, 0.29) is 30.0 Å². The third-order valence-electron chi connectivity index (χ3n) is 3.66. The summed E-state index contributed by atoms with van der Waals surface area (Å²) in [4.78, 5) is 15.6. The summed E-state index contributed by atoms with van der Waals surface area (Å²) in [5.74, 6) is 0.892. The largest absolute Gasteiger partial charge is 0.361 e. The second kappa shape index (κ2) is 6.15. The minimum absolute atomic E-state index is 0.0709. The average Bonchev–Trinajstić information content (AvgIpc) is 2.94. The van der Waals surface area contributed by atoms with Crippen LogP contribution in [0.2, 0.25) is 0 Å². The first-order valence-corrected chi connectivity index (χ1v) is 8.66. The highest BCUT2D eigenvalue weighted by Gasteiger charge is 2.32. The van der Waals surface area contributed by atoms with Gasteiger partial charge in [-0.25, -0.2) is 8.42 Å². The molecular formula is C13H21N3O4S. The lowest BCUT2D eigenvalue weighted by Gasteiger charge is -2.25. The van der Waals surface area contributed by atoms with Crippen molar-refractivity contribution in [2.45, 2.75) is 25.9 Å². The SMILES string of the molecule is Cc1cc(CN(C)CC(=O)N(C)C2CCS(=O)(=O)C2)no1. The Kier molecular flexibility index (Phi) is 4.67. The predicted molar refractivity (Wildman–Crippen MR) is 77.4 cm³/mol. The van der Waals surface area contributed by atoms with Crippen LogP contribution in [0.25, 0.3) is 0 Å². The summed E-state index contributed by atoms with van der Waals surface area (Å²) in [5, 5.41) is 3.88. The van der Waals surface area contributed by atoms with E-state index in [0.29, 0.717) is 13.0 Å². The third kappa shape index (κ3) is 4.28. The van der Waals surface area contributed by atoms with Gasteiger partial charge >= 0.3 is 0 Å². The number of carbonyl (C=O) groups excluding carboxylic acids is 1. The van der Waals surface area contributed by atoms with Gasteiger partial charge in [-0.1, -0.05) is 5.16 Å². The molecule has 0 spiro atoms. The first-order valence-electron chi connectivity index (χ1n) is 6.83. The van der Waals surface area contributed by atoms with Crippen molar-refractivity contribution in [3.63, 3.8) is 0 Å². The maximum Gasteiger partial charge on any atom is 0.236 e. The van der Waals surface area contributed by atoms with Crippen LogP contribution in [0.15, 0.2) is 10.6 Å². The quantitative estimate of drug-likeness (QED) is 0.764. The van der Waals surface area contributed by atoms with Gasteiger partial charge in [0.2, 0.25) is 5.91 Å². The minimum atomic E-state index is -2.98. The summed E-state index contributed by atoms with van der Waals surface area (Å²) < 4.78 is 27.9. The Bertz CT molecular complexity index is 611. The van der Waals surface area contributed by atoms with Gasteiger partial charge in [0.1, 0.15) is 5.76 Å². The van der Waals surface area contributed by atoms with Crippen LogP contribution in [0.1, 0.15) is 17.9 Å². The maximum atomic E-state index is 12.2. The topological polar surface area (TPSA) is 83.7 Å². The van der Waals surface area contributed by atoms with Gasteiger partial charge in [0.25, 0.3) is 0 Å². The molecule has 1 aliphatic heterocycles. The molecule has 2 heterocycles. The lowest BCUT2D eigenvalue weighted by atomic mass is 10.2. The van der Waals surface area contributed by atoms with Gasteiger partial charge in [0.05, 0.1) is 23.7 Å². The Labute approximate surface area is 124 Å². The van der Waals surface area contributed by atoms with E-state index < -0.39 is 9.84 Å². The van der Waals surface area contributed by atoms with E-state index in [9.17, 15) is 13.2 Å². The number of rotatable bonds is 5. The van der Waals surface area contributed by atoms with Crippen LogP contribution in [-0.4, -0.2) is 67.5 Å².